The van der Waals surface area contributed by atoms with Crippen molar-refractivity contribution in [3.63, 3.8) is 0 Å². The fourth-order valence-corrected chi connectivity index (χ4v) is 1.34. The Hall–Kier alpha value is 2.54. The predicted molar refractivity (Wildman–Crippen MR) is 54.5 cm³/mol. The number of halogens is 3. The summed E-state index contributed by atoms with van der Waals surface area (Å²) in [6, 6.07) is 0. The maximum atomic E-state index is 2.39. The van der Waals surface area contributed by atoms with Crippen LogP contribution in [-0.2, 0) is 24.4 Å². The molecule has 0 fully saturated rings. The first-order valence-corrected chi connectivity index (χ1v) is 17.0. The Labute approximate surface area is 107 Å². The van der Waals surface area contributed by atoms with E-state index in [4.69, 9.17) is 0 Å². The summed E-state index contributed by atoms with van der Waals surface area (Å²) in [5.41, 5.74) is 1.51. The molecular formula is C6H7HfI3-. The average Bonchev–Trinajstić information content (AvgIpc) is 2.19. The Morgan fingerprint density at radius 1 is 1.60 bits per heavy atom. The molecule has 10 heavy (non-hydrogen) atoms. The van der Waals surface area contributed by atoms with Crippen LogP contribution in [0.25, 0.3) is 0 Å². The molecule has 0 aromatic rings. The van der Waals surface area contributed by atoms with Crippen LogP contribution in [0.1, 0.15) is 13.3 Å². The van der Waals surface area contributed by atoms with Crippen molar-refractivity contribution >= 4 is 37.2 Å². The molecule has 4 heteroatoms. The van der Waals surface area contributed by atoms with E-state index in [0.717, 1.165) is 0 Å². The Kier molecular flexibility index (Phi) is 10.2. The topological polar surface area (TPSA) is 0 Å². The zero-order valence-corrected chi connectivity index (χ0v) is 15.6. The molecule has 0 atom stereocenters. The molecule has 1 aliphatic rings. The van der Waals surface area contributed by atoms with Gasteiger partial charge < -0.3 is 0 Å². The second kappa shape index (κ2) is 8.15. The molecule has 1 aliphatic carbocycles. The maximum absolute atomic E-state index is 2.39. The van der Waals surface area contributed by atoms with Crippen molar-refractivity contribution in [2.24, 2.45) is 0 Å². The van der Waals surface area contributed by atoms with Crippen molar-refractivity contribution in [1.29, 1.82) is 0 Å². The van der Waals surface area contributed by atoms with Crippen molar-refractivity contribution in [1.82, 2.24) is 0 Å². The molecule has 0 saturated heterocycles. The molecule has 0 aliphatic heterocycles. The summed E-state index contributed by atoms with van der Waals surface area (Å²) >= 11 is 6.55. The van der Waals surface area contributed by atoms with Crippen LogP contribution in [0.5, 0.6) is 0 Å². The van der Waals surface area contributed by atoms with Crippen molar-refractivity contribution in [2.45, 2.75) is 13.3 Å². The van der Waals surface area contributed by atoms with Crippen molar-refractivity contribution in [3.8, 4) is 0 Å². The minimum atomic E-state index is 0.530. The van der Waals surface area contributed by atoms with Crippen molar-refractivity contribution in [3.05, 3.63) is 21.1 Å². The second-order valence-corrected chi connectivity index (χ2v) is 20.2. The molecule has 0 aromatic carbocycles. The number of rotatable bonds is 0. The van der Waals surface area contributed by atoms with Crippen LogP contribution < -0.4 is 13.3 Å². The van der Waals surface area contributed by atoms with Gasteiger partial charge in [0.05, 0.1) is 0 Å². The number of hydrogen-bond acceptors (Lipinski definition) is 0. The zero-order valence-electron chi connectivity index (χ0n) is 5.50. The molecule has 0 bridgehead atoms. The average molecular weight is 638 g/mol. The van der Waals surface area contributed by atoms with Crippen LogP contribution in [-0.4, -0.2) is 0 Å². The molecule has 0 amide bonds. The first kappa shape index (κ1) is 12.5. The minimum absolute atomic E-state index is 0.530. The summed E-state index contributed by atoms with van der Waals surface area (Å²) in [6.07, 6.45) is 5.68. The summed E-state index contributed by atoms with van der Waals surface area (Å²) in [7, 11) is 0. The SMILES string of the molecule is CC1=[C]([Hf])CC=C1.I[I-]I. The van der Waals surface area contributed by atoms with E-state index < -0.39 is 0 Å². The van der Waals surface area contributed by atoms with E-state index in [-0.39, 0.29) is 0 Å². The summed E-state index contributed by atoms with van der Waals surface area (Å²) < 4.78 is 1.65. The molecule has 0 heterocycles. The summed E-state index contributed by atoms with van der Waals surface area (Å²) in [5.74, 6) is 0. The van der Waals surface area contributed by atoms with Gasteiger partial charge in [-0.2, -0.15) is 0 Å². The van der Waals surface area contributed by atoms with Gasteiger partial charge in [-0.3, -0.25) is 0 Å². The van der Waals surface area contributed by atoms with E-state index in [0.29, 0.717) is 13.3 Å². The normalized spacial score (nSPS) is 15.4. The fourth-order valence-electron chi connectivity index (χ4n) is 0.615. The molecule has 57 valence electrons. The van der Waals surface area contributed by atoms with E-state index in [2.05, 4.69) is 56.3 Å². The third-order valence-corrected chi connectivity index (χ3v) is 3.32. The Morgan fingerprint density at radius 2 is 2.10 bits per heavy atom. The first-order chi connectivity index (χ1) is 4.72. The van der Waals surface area contributed by atoms with Crippen molar-refractivity contribution < 1.29 is 37.6 Å². The molecule has 0 unspecified atom stereocenters. The van der Waals surface area contributed by atoms with Gasteiger partial charge in [0.1, 0.15) is 0 Å². The van der Waals surface area contributed by atoms with Crippen LogP contribution in [0.2, 0.25) is 0 Å². The first-order valence-electron chi connectivity index (χ1n) is 2.67. The Morgan fingerprint density at radius 3 is 2.20 bits per heavy atom. The predicted octanol–water partition coefficient (Wildman–Crippen LogP) is 0.543. The van der Waals surface area contributed by atoms with Gasteiger partial charge in [0, 0.05) is 0 Å². The molecule has 0 radical (unpaired) electrons. The van der Waals surface area contributed by atoms with Gasteiger partial charge in [0.15, 0.2) is 0 Å². The van der Waals surface area contributed by atoms with Gasteiger partial charge in [-0.1, -0.05) is 0 Å². The summed E-state index contributed by atoms with van der Waals surface area (Å²) in [4.78, 5) is 0. The quantitative estimate of drug-likeness (QED) is 0.269. The van der Waals surface area contributed by atoms with E-state index in [9.17, 15) is 0 Å². The molecule has 0 saturated carbocycles. The van der Waals surface area contributed by atoms with Gasteiger partial charge in [0.25, 0.3) is 0 Å². The summed E-state index contributed by atoms with van der Waals surface area (Å²) in [6.45, 7) is 2.19. The molecule has 0 spiro atoms. The van der Waals surface area contributed by atoms with Gasteiger partial charge in [-0.15, -0.1) is 0 Å². The van der Waals surface area contributed by atoms with Gasteiger partial charge in [0.2, 0.25) is 0 Å². The fraction of sp³-hybridized carbons (Fsp3) is 0.333. The van der Waals surface area contributed by atoms with E-state index in [1.54, 1.807) is 3.33 Å². The number of allylic oxidation sites excluding steroid dienone is 4. The van der Waals surface area contributed by atoms with E-state index in [1.165, 1.54) is 36.4 Å². The molecule has 1 rings (SSSR count). The molecular weight excluding hydrogens is 631 g/mol. The van der Waals surface area contributed by atoms with Gasteiger partial charge in [-0.25, -0.2) is 0 Å². The zero-order chi connectivity index (χ0) is 7.98. The van der Waals surface area contributed by atoms with Crippen LogP contribution in [0.15, 0.2) is 21.1 Å². The summed E-state index contributed by atoms with van der Waals surface area (Å²) in [5, 5.41) is 0. The van der Waals surface area contributed by atoms with Crippen LogP contribution in [0.4, 0.5) is 0 Å². The Balaban J connectivity index is 0.000000236. The second-order valence-electron chi connectivity index (χ2n) is 1.82. The van der Waals surface area contributed by atoms with E-state index in [1.807, 2.05) is 0 Å². The number of hydrogen-bond donors (Lipinski definition) is 0. The standard InChI is InChI=1S/C6H7.Hf.I3/c1-6-4-2-3-5-6;;1-3-2/h2,4H,3H2,1H3;;/q;;-1. The molecule has 0 aromatic heterocycles. The van der Waals surface area contributed by atoms with Crippen molar-refractivity contribution in [2.75, 3.05) is 0 Å². The third-order valence-electron chi connectivity index (χ3n) is 1.17. The van der Waals surface area contributed by atoms with Gasteiger partial charge >= 0.3 is 109 Å². The molecule has 0 N–H and O–H groups in total. The van der Waals surface area contributed by atoms with Crippen LogP contribution in [0.3, 0.4) is 0 Å². The van der Waals surface area contributed by atoms with Crippen LogP contribution in [0, 0.1) is 0 Å². The van der Waals surface area contributed by atoms with Gasteiger partial charge in [-0.05, 0) is 0 Å². The Bertz CT molecular complexity index is 151. The molecule has 0 nitrogen and oxygen atoms in total. The third kappa shape index (κ3) is 6.10. The van der Waals surface area contributed by atoms with Crippen LogP contribution >= 0.6 is 37.2 Å². The monoisotopic (exact) mass is 640 g/mol. The van der Waals surface area contributed by atoms with E-state index >= 15 is 0 Å².